The Bertz CT molecular complexity index is 742. The fourth-order valence-corrected chi connectivity index (χ4v) is 5.67. The van der Waals surface area contributed by atoms with E-state index in [-0.39, 0.29) is 13.0 Å². The topological polar surface area (TPSA) is 251 Å². The minimum Gasteiger partial charge on any atom is -0.388 e. The van der Waals surface area contributed by atoms with Crippen LogP contribution in [0.25, 0.3) is 0 Å². The molecule has 3 aliphatic rings. The van der Waals surface area contributed by atoms with Crippen molar-refractivity contribution in [1.82, 2.24) is 0 Å². The Kier molecular flexibility index (Phi) is 13.4. The van der Waals surface area contributed by atoms with Gasteiger partial charge in [-0.3, -0.25) is 0 Å². The van der Waals surface area contributed by atoms with Gasteiger partial charge in [-0.2, -0.15) is 0 Å². The third-order valence-electron chi connectivity index (χ3n) is 8.21. The molecular weight excluding hydrogens is 528 g/mol. The zero-order chi connectivity index (χ0) is 29.6. The van der Waals surface area contributed by atoms with Crippen molar-refractivity contribution in [3.05, 3.63) is 0 Å². The molecule has 2 heterocycles. The summed E-state index contributed by atoms with van der Waals surface area (Å²) in [6.45, 7) is 4.22. The van der Waals surface area contributed by atoms with Crippen LogP contribution >= 0.6 is 0 Å². The third kappa shape index (κ3) is 8.08. The van der Waals surface area contributed by atoms with Crippen molar-refractivity contribution < 1.29 is 49.2 Å². The number of unbranched alkanes of at least 4 members (excludes halogenated alkanes) is 5. The Morgan fingerprint density at radius 2 is 1.30 bits per heavy atom. The van der Waals surface area contributed by atoms with Gasteiger partial charge in [0.25, 0.3) is 0 Å². The number of ether oxygens (including phenoxy) is 5. The first-order valence-corrected chi connectivity index (χ1v) is 14.6. The molecule has 3 rings (SSSR count). The van der Waals surface area contributed by atoms with E-state index in [1.807, 2.05) is 0 Å². The summed E-state index contributed by atoms with van der Waals surface area (Å²) in [5.74, 6) is 0. The average Bonchev–Trinajstić information content (AvgIpc) is 2.92. The largest absolute Gasteiger partial charge is 0.388 e. The number of hydrogen-bond donors (Lipinski definition) is 9. The van der Waals surface area contributed by atoms with E-state index in [1.54, 1.807) is 6.92 Å². The highest BCUT2D eigenvalue weighted by Gasteiger charge is 2.51. The van der Waals surface area contributed by atoms with E-state index in [2.05, 4.69) is 6.92 Å². The summed E-state index contributed by atoms with van der Waals surface area (Å²) in [5.41, 5.74) is 24.1. The summed E-state index contributed by atoms with van der Waals surface area (Å²) in [7, 11) is 0. The average molecular weight is 581 g/mol. The van der Waals surface area contributed by atoms with Gasteiger partial charge >= 0.3 is 0 Å². The summed E-state index contributed by atoms with van der Waals surface area (Å²) < 4.78 is 29.2. The number of rotatable bonds is 13. The second kappa shape index (κ2) is 15.8. The van der Waals surface area contributed by atoms with E-state index in [4.69, 9.17) is 46.6 Å². The van der Waals surface area contributed by atoms with Crippen LogP contribution in [0.4, 0.5) is 0 Å². The molecule has 0 spiro atoms. The van der Waals surface area contributed by atoms with Crippen LogP contribution in [0.2, 0.25) is 0 Å². The predicted octanol–water partition coefficient (Wildman–Crippen LogP) is -2.88. The van der Waals surface area contributed by atoms with Crippen LogP contribution < -0.4 is 22.9 Å². The molecule has 0 bridgehead atoms. The molecule has 15 atom stereocenters. The molecule has 0 aromatic carbocycles. The highest BCUT2D eigenvalue weighted by Crippen LogP contribution is 2.31. The van der Waals surface area contributed by atoms with Crippen molar-refractivity contribution in [2.75, 3.05) is 13.2 Å². The molecule has 0 unspecified atom stereocenters. The molecule has 1 saturated carbocycles. The van der Waals surface area contributed by atoms with Crippen molar-refractivity contribution in [2.24, 2.45) is 22.9 Å². The van der Waals surface area contributed by atoms with E-state index < -0.39 is 91.7 Å². The maximum absolute atomic E-state index is 11.2. The molecule has 0 radical (unpaired) electrons. The van der Waals surface area contributed by atoms with Gasteiger partial charge < -0.3 is 72.2 Å². The minimum absolute atomic E-state index is 0.0955. The molecule has 1 aliphatic carbocycles. The van der Waals surface area contributed by atoms with Crippen molar-refractivity contribution in [3.8, 4) is 0 Å². The van der Waals surface area contributed by atoms with Crippen LogP contribution in [0.15, 0.2) is 0 Å². The van der Waals surface area contributed by atoms with E-state index in [9.17, 15) is 25.5 Å². The smallest absolute Gasteiger partial charge is 0.187 e. The summed E-state index contributed by atoms with van der Waals surface area (Å²) >= 11 is 0. The lowest BCUT2D eigenvalue weighted by Gasteiger charge is -2.48. The van der Waals surface area contributed by atoms with Crippen molar-refractivity contribution >= 4 is 0 Å². The fraction of sp³-hybridized carbons (Fsp3) is 1.00. The number of hydrogen-bond acceptors (Lipinski definition) is 14. The van der Waals surface area contributed by atoms with E-state index in [0.717, 1.165) is 19.3 Å². The summed E-state index contributed by atoms with van der Waals surface area (Å²) in [4.78, 5) is 0. The molecule has 13 N–H and O–H groups in total. The molecule has 0 aromatic heterocycles. The van der Waals surface area contributed by atoms with Crippen molar-refractivity contribution in [1.29, 1.82) is 0 Å². The van der Waals surface area contributed by atoms with Crippen LogP contribution in [-0.4, -0.2) is 130 Å². The van der Waals surface area contributed by atoms with E-state index in [0.29, 0.717) is 6.61 Å². The van der Waals surface area contributed by atoms with Crippen LogP contribution in [-0.2, 0) is 23.7 Å². The van der Waals surface area contributed by atoms with Crippen LogP contribution in [0.1, 0.15) is 58.8 Å². The molecule has 236 valence electrons. The zero-order valence-corrected chi connectivity index (χ0v) is 23.6. The lowest BCUT2D eigenvalue weighted by Crippen LogP contribution is -2.68. The molecule has 2 aliphatic heterocycles. The monoisotopic (exact) mass is 580 g/mol. The highest BCUT2D eigenvalue weighted by atomic mass is 16.7. The first-order chi connectivity index (χ1) is 19.0. The molecule has 3 fully saturated rings. The van der Waals surface area contributed by atoms with Crippen LogP contribution in [0, 0.1) is 0 Å². The SMILES string of the molecule is CCCCCCCCO[C@H]1[C@H](O)[C@@H](O)[C@@H](O[C@@H]2[C@@H](O)[C@H](O[C@H]3O[C@H](CN)[C@@H](O)[C@H](O)[C@H]3N)[C@@H](N)C[C@H]2N)O[C@@H]1C. The Morgan fingerprint density at radius 3 is 1.93 bits per heavy atom. The second-order valence-corrected chi connectivity index (χ2v) is 11.4. The van der Waals surface area contributed by atoms with E-state index in [1.165, 1.54) is 19.3 Å². The Balaban J connectivity index is 1.58. The van der Waals surface area contributed by atoms with Gasteiger partial charge in [-0.15, -0.1) is 0 Å². The predicted molar refractivity (Wildman–Crippen MR) is 143 cm³/mol. The van der Waals surface area contributed by atoms with Gasteiger partial charge in [-0.1, -0.05) is 39.0 Å². The van der Waals surface area contributed by atoms with Gasteiger partial charge in [0.1, 0.15) is 54.9 Å². The minimum atomic E-state index is -1.46. The molecule has 14 heteroatoms. The standard InChI is InChI=1S/C26H52N4O10/c1-3-4-5-6-7-8-9-36-22-12(2)37-26(20(34)19(22)33)40-24-14(29)10-13(28)23(21(24)35)39-25-16(30)18(32)17(31)15(11-27)38-25/h12-26,31-35H,3-11,27-30H2,1-2H3/t12-,13+,14-,15-,16-,17-,18-,19-,20-,21+,22-,23-,24+,25-,26-/m1/s1. The number of nitrogens with two attached hydrogens (primary N) is 4. The zero-order valence-electron chi connectivity index (χ0n) is 23.6. The van der Waals surface area contributed by atoms with Crippen molar-refractivity contribution in [3.63, 3.8) is 0 Å². The Morgan fingerprint density at radius 1 is 0.700 bits per heavy atom. The van der Waals surface area contributed by atoms with Crippen LogP contribution in [0.5, 0.6) is 0 Å². The van der Waals surface area contributed by atoms with E-state index >= 15 is 0 Å². The second-order valence-electron chi connectivity index (χ2n) is 11.4. The van der Waals surface area contributed by atoms with Gasteiger partial charge in [0.05, 0.1) is 12.1 Å². The first-order valence-electron chi connectivity index (χ1n) is 14.6. The maximum atomic E-state index is 11.2. The van der Waals surface area contributed by atoms with Gasteiger partial charge in [0, 0.05) is 25.2 Å². The lowest BCUT2D eigenvalue weighted by atomic mass is 9.84. The molecular formula is C26H52N4O10. The first kappa shape index (κ1) is 33.9. The third-order valence-corrected chi connectivity index (χ3v) is 8.21. The number of aliphatic hydroxyl groups is 5. The highest BCUT2D eigenvalue weighted by molar-refractivity contribution is 5.01. The quantitative estimate of drug-likeness (QED) is 0.0993. The number of aliphatic hydroxyl groups excluding tert-OH is 5. The maximum Gasteiger partial charge on any atom is 0.187 e. The molecule has 0 amide bonds. The Hall–Kier alpha value is -0.560. The molecule has 40 heavy (non-hydrogen) atoms. The summed E-state index contributed by atoms with van der Waals surface area (Å²) in [6.07, 6.45) is -7.07. The fourth-order valence-electron chi connectivity index (χ4n) is 5.67. The lowest BCUT2D eigenvalue weighted by molar-refractivity contribution is -0.330. The van der Waals surface area contributed by atoms with Crippen molar-refractivity contribution in [2.45, 2.75) is 151 Å². The summed E-state index contributed by atoms with van der Waals surface area (Å²) in [6, 6.07) is -2.64. The normalized spacial score (nSPS) is 46.4. The summed E-state index contributed by atoms with van der Waals surface area (Å²) in [5, 5.41) is 53.2. The molecule has 0 aromatic rings. The molecule has 2 saturated heterocycles. The van der Waals surface area contributed by atoms with Gasteiger partial charge in [0.2, 0.25) is 0 Å². The molecule has 14 nitrogen and oxygen atoms in total. The van der Waals surface area contributed by atoms with Gasteiger partial charge in [-0.25, -0.2) is 0 Å². The van der Waals surface area contributed by atoms with Crippen LogP contribution in [0.3, 0.4) is 0 Å². The van der Waals surface area contributed by atoms with Gasteiger partial charge in [0.15, 0.2) is 12.6 Å². The Labute approximate surface area is 236 Å². The van der Waals surface area contributed by atoms with Gasteiger partial charge in [-0.05, 0) is 19.8 Å².